The summed E-state index contributed by atoms with van der Waals surface area (Å²) in [7, 11) is 0. The van der Waals surface area contributed by atoms with E-state index in [4.69, 9.17) is 15.2 Å². The number of nitrogens with two attached hydrogens (primary N) is 1. The van der Waals surface area contributed by atoms with Crippen LogP contribution < -0.4 is 15.2 Å². The van der Waals surface area contributed by atoms with Crippen LogP contribution in [0, 0.1) is 10.1 Å². The smallest absolute Gasteiger partial charge is 0.330 e. The van der Waals surface area contributed by atoms with E-state index in [0.717, 1.165) is 0 Å². The van der Waals surface area contributed by atoms with Gasteiger partial charge in [0.25, 0.3) is 5.69 Å². The van der Waals surface area contributed by atoms with Crippen LogP contribution in [-0.2, 0) is 0 Å². The Morgan fingerprint density at radius 1 is 1.33 bits per heavy atom. The highest BCUT2D eigenvalue weighted by molar-refractivity contribution is 9.10. The third-order valence-electron chi connectivity index (χ3n) is 2.21. The molecule has 1 aromatic carbocycles. The zero-order valence-electron chi connectivity index (χ0n) is 10.8. The molecule has 0 fully saturated rings. The normalized spacial score (nSPS) is 10.2. The maximum atomic E-state index is 10.8. The van der Waals surface area contributed by atoms with E-state index < -0.39 is 4.92 Å². The number of ether oxygens (including phenoxy) is 2. The maximum Gasteiger partial charge on any atom is 0.330 e. The van der Waals surface area contributed by atoms with Crippen molar-refractivity contribution in [3.63, 3.8) is 0 Å². The number of benzene rings is 1. The number of nitro groups is 1. The van der Waals surface area contributed by atoms with Crippen molar-refractivity contribution in [1.82, 2.24) is 15.0 Å². The molecule has 0 amide bonds. The lowest BCUT2D eigenvalue weighted by Gasteiger charge is -2.07. The first kappa shape index (κ1) is 14.9. The van der Waals surface area contributed by atoms with Crippen LogP contribution in [0.5, 0.6) is 17.8 Å². The van der Waals surface area contributed by atoms with Gasteiger partial charge in [-0.25, -0.2) is 0 Å². The molecule has 0 unspecified atom stereocenters. The van der Waals surface area contributed by atoms with E-state index in [1.807, 2.05) is 0 Å². The van der Waals surface area contributed by atoms with Gasteiger partial charge in [-0.15, -0.1) is 4.98 Å². The third kappa shape index (κ3) is 3.75. The predicted octanol–water partition coefficient (Wildman–Crippen LogP) is 2.32. The van der Waals surface area contributed by atoms with Crippen LogP contribution in [0.1, 0.15) is 6.92 Å². The number of hydrogen-bond donors (Lipinski definition) is 1. The van der Waals surface area contributed by atoms with E-state index in [9.17, 15) is 10.1 Å². The molecule has 21 heavy (non-hydrogen) atoms. The monoisotopic (exact) mass is 355 g/mol. The molecule has 2 rings (SSSR count). The predicted molar refractivity (Wildman–Crippen MR) is 76.3 cm³/mol. The Hall–Kier alpha value is -2.49. The highest BCUT2D eigenvalue weighted by atomic mass is 79.9. The fourth-order valence-electron chi connectivity index (χ4n) is 1.37. The van der Waals surface area contributed by atoms with Gasteiger partial charge in [0.1, 0.15) is 0 Å². The topological polar surface area (TPSA) is 126 Å². The molecule has 0 aliphatic heterocycles. The van der Waals surface area contributed by atoms with Crippen LogP contribution in [0.2, 0.25) is 0 Å². The number of nitro benzene ring substituents is 1. The maximum absolute atomic E-state index is 10.8. The van der Waals surface area contributed by atoms with Crippen LogP contribution in [0.15, 0.2) is 22.7 Å². The summed E-state index contributed by atoms with van der Waals surface area (Å²) in [4.78, 5) is 21.7. The second-order valence-electron chi connectivity index (χ2n) is 3.67. The summed E-state index contributed by atoms with van der Waals surface area (Å²) < 4.78 is 11.0. The molecule has 0 spiro atoms. The van der Waals surface area contributed by atoms with Crippen molar-refractivity contribution in [2.45, 2.75) is 6.92 Å². The van der Waals surface area contributed by atoms with E-state index in [-0.39, 0.29) is 29.4 Å². The van der Waals surface area contributed by atoms with Crippen molar-refractivity contribution in [3.05, 3.63) is 32.8 Å². The molecule has 0 aliphatic rings. The molecule has 110 valence electrons. The van der Waals surface area contributed by atoms with Crippen LogP contribution in [0.3, 0.4) is 0 Å². The number of nitrogens with zero attached hydrogens (tertiary/aromatic N) is 4. The van der Waals surface area contributed by atoms with Crippen LogP contribution >= 0.6 is 15.9 Å². The molecule has 10 heteroatoms. The van der Waals surface area contributed by atoms with Crippen molar-refractivity contribution in [2.75, 3.05) is 12.3 Å². The highest BCUT2D eigenvalue weighted by Gasteiger charge is 2.14. The highest BCUT2D eigenvalue weighted by Crippen LogP contribution is 2.32. The van der Waals surface area contributed by atoms with Gasteiger partial charge in [-0.05, 0) is 28.9 Å². The van der Waals surface area contributed by atoms with Gasteiger partial charge in [-0.3, -0.25) is 10.1 Å². The van der Waals surface area contributed by atoms with Gasteiger partial charge in [0.05, 0.1) is 22.1 Å². The van der Waals surface area contributed by atoms with Crippen LogP contribution in [0.25, 0.3) is 0 Å². The summed E-state index contributed by atoms with van der Waals surface area (Å²) >= 11 is 3.22. The molecule has 0 saturated heterocycles. The van der Waals surface area contributed by atoms with E-state index >= 15 is 0 Å². The molecule has 9 nitrogen and oxygen atoms in total. The molecular weight excluding hydrogens is 346 g/mol. The van der Waals surface area contributed by atoms with Crippen molar-refractivity contribution in [3.8, 4) is 17.8 Å². The average Bonchev–Trinajstić information content (AvgIpc) is 2.40. The van der Waals surface area contributed by atoms with Gasteiger partial charge in [0, 0.05) is 6.07 Å². The summed E-state index contributed by atoms with van der Waals surface area (Å²) in [5, 5.41) is 10.8. The minimum atomic E-state index is -0.535. The standard InChI is InChI=1S/C11H10BrN5O4/c1-2-20-10-14-9(13)15-11(16-10)21-8-5-6(17(18)19)3-4-7(8)12/h3-5H,2H2,1H3,(H2,13,14,15,16). The lowest BCUT2D eigenvalue weighted by molar-refractivity contribution is -0.384. The Morgan fingerprint density at radius 2 is 2.05 bits per heavy atom. The first-order chi connectivity index (χ1) is 9.99. The van der Waals surface area contributed by atoms with E-state index in [1.165, 1.54) is 18.2 Å². The van der Waals surface area contributed by atoms with E-state index in [1.54, 1.807) is 6.92 Å². The fourth-order valence-corrected chi connectivity index (χ4v) is 1.70. The number of rotatable bonds is 5. The van der Waals surface area contributed by atoms with Gasteiger partial charge in [-0.2, -0.15) is 9.97 Å². The van der Waals surface area contributed by atoms with Crippen molar-refractivity contribution in [1.29, 1.82) is 0 Å². The molecule has 2 aromatic rings. The van der Waals surface area contributed by atoms with Gasteiger partial charge in [0.15, 0.2) is 5.75 Å². The Kier molecular flexibility index (Phi) is 4.48. The lowest BCUT2D eigenvalue weighted by atomic mass is 10.3. The molecule has 2 N–H and O–H groups in total. The fraction of sp³-hybridized carbons (Fsp3) is 0.182. The third-order valence-corrected chi connectivity index (χ3v) is 2.87. The van der Waals surface area contributed by atoms with Gasteiger partial charge < -0.3 is 15.2 Å². The summed E-state index contributed by atoms with van der Waals surface area (Å²) in [5.41, 5.74) is 5.39. The van der Waals surface area contributed by atoms with Gasteiger partial charge in [-0.1, -0.05) is 0 Å². The number of anilines is 1. The minimum absolute atomic E-state index is 0.0153. The van der Waals surface area contributed by atoms with E-state index in [0.29, 0.717) is 11.1 Å². The second kappa shape index (κ2) is 6.31. The number of hydrogen-bond acceptors (Lipinski definition) is 8. The minimum Gasteiger partial charge on any atom is -0.464 e. The first-order valence-corrected chi connectivity index (χ1v) is 6.55. The van der Waals surface area contributed by atoms with Crippen molar-refractivity contribution >= 4 is 27.6 Å². The number of aromatic nitrogens is 3. The van der Waals surface area contributed by atoms with Crippen LogP contribution in [-0.4, -0.2) is 26.5 Å². The Labute approximate surface area is 127 Å². The Morgan fingerprint density at radius 3 is 2.71 bits per heavy atom. The molecule has 0 bridgehead atoms. The SMILES string of the molecule is CCOc1nc(N)nc(Oc2cc([N+](=O)[O-])ccc2Br)n1. The largest absolute Gasteiger partial charge is 0.464 e. The molecule has 0 aliphatic carbocycles. The number of non-ortho nitro benzene ring substituents is 1. The van der Waals surface area contributed by atoms with Crippen LogP contribution in [0.4, 0.5) is 11.6 Å². The molecule has 0 radical (unpaired) electrons. The van der Waals surface area contributed by atoms with Crippen molar-refractivity contribution < 1.29 is 14.4 Å². The molecule has 1 aromatic heterocycles. The Balaban J connectivity index is 2.33. The first-order valence-electron chi connectivity index (χ1n) is 5.75. The zero-order chi connectivity index (χ0) is 15.4. The average molecular weight is 356 g/mol. The number of nitrogen functional groups attached to an aromatic ring is 1. The molecule has 0 saturated carbocycles. The zero-order valence-corrected chi connectivity index (χ0v) is 12.4. The molecule has 1 heterocycles. The summed E-state index contributed by atoms with van der Waals surface area (Å²) in [6.45, 7) is 2.11. The quantitative estimate of drug-likeness (QED) is 0.639. The van der Waals surface area contributed by atoms with E-state index in [2.05, 4.69) is 30.9 Å². The summed E-state index contributed by atoms with van der Waals surface area (Å²) in [6, 6.07) is 3.96. The Bertz CT molecular complexity index is 682. The summed E-state index contributed by atoms with van der Waals surface area (Å²) in [6.07, 6.45) is 0. The van der Waals surface area contributed by atoms with Gasteiger partial charge >= 0.3 is 12.0 Å². The lowest BCUT2D eigenvalue weighted by Crippen LogP contribution is -2.05. The second-order valence-corrected chi connectivity index (χ2v) is 4.52. The number of halogens is 1. The van der Waals surface area contributed by atoms with Gasteiger partial charge in [0.2, 0.25) is 5.95 Å². The van der Waals surface area contributed by atoms with Crippen molar-refractivity contribution in [2.24, 2.45) is 0 Å². The molecular formula is C11H10BrN5O4. The summed E-state index contributed by atoms with van der Waals surface area (Å²) in [5.74, 6) is 0.0993. The molecule has 0 atom stereocenters.